The van der Waals surface area contributed by atoms with Gasteiger partial charge in [-0.3, -0.25) is 9.78 Å². The van der Waals surface area contributed by atoms with Gasteiger partial charge in [-0.1, -0.05) is 0 Å². The highest BCUT2D eigenvalue weighted by molar-refractivity contribution is 5.95. The topological polar surface area (TPSA) is 107 Å². The van der Waals surface area contributed by atoms with Gasteiger partial charge in [-0.2, -0.15) is 13.2 Å². The number of halogens is 4. The number of carbonyl (C=O) groups excluding carboxylic acids is 1. The summed E-state index contributed by atoms with van der Waals surface area (Å²) in [4.78, 5) is 17.1. The van der Waals surface area contributed by atoms with E-state index in [0.29, 0.717) is 16.9 Å². The average molecular weight is 534 g/mol. The lowest BCUT2D eigenvalue weighted by Gasteiger charge is -2.34. The minimum atomic E-state index is -5.00. The van der Waals surface area contributed by atoms with Crippen LogP contribution < -0.4 is 20.5 Å². The van der Waals surface area contributed by atoms with E-state index in [4.69, 9.17) is 15.2 Å². The zero-order valence-corrected chi connectivity index (χ0v) is 20.5. The standard InChI is InChI=1S/C27H27F4N3O4/c1-37-23-12-18(4-9-22(23)38-20-7-8-20)25(36)33-14-26(15-35,27(29,30)31)24-11-16(13-32)10-21(34-24)17-2-5-19(28)6-3-17/h2-6,9-12,20,35H,7-8,13-15,32H2,1H3,(H,33,36). The first-order valence-electron chi connectivity index (χ1n) is 11.9. The first kappa shape index (κ1) is 27.3. The van der Waals surface area contributed by atoms with Crippen molar-refractivity contribution in [2.75, 3.05) is 20.3 Å². The number of amides is 1. The number of rotatable bonds is 10. The molecule has 1 heterocycles. The molecule has 4 rings (SSSR count). The second kappa shape index (κ2) is 11.0. The quantitative estimate of drug-likeness (QED) is 0.339. The van der Waals surface area contributed by atoms with Crippen LogP contribution in [0.25, 0.3) is 11.3 Å². The normalized spacial score (nSPS) is 15.0. The molecule has 1 atom stereocenters. The van der Waals surface area contributed by atoms with Crippen LogP contribution in [0.2, 0.25) is 0 Å². The Morgan fingerprint density at radius 1 is 1.11 bits per heavy atom. The van der Waals surface area contributed by atoms with E-state index in [1.165, 1.54) is 43.5 Å². The molecule has 1 unspecified atom stereocenters. The fraction of sp³-hybridized carbons (Fsp3) is 0.333. The number of nitrogens with zero attached hydrogens (tertiary/aromatic N) is 1. The summed E-state index contributed by atoms with van der Waals surface area (Å²) in [6, 6.07) is 12.0. The van der Waals surface area contributed by atoms with E-state index in [2.05, 4.69) is 10.3 Å². The van der Waals surface area contributed by atoms with Gasteiger partial charge >= 0.3 is 6.18 Å². The lowest BCUT2D eigenvalue weighted by atomic mass is 9.82. The molecule has 202 valence electrons. The molecule has 0 saturated heterocycles. The van der Waals surface area contributed by atoms with E-state index < -0.39 is 42.2 Å². The summed E-state index contributed by atoms with van der Waals surface area (Å²) in [6.07, 6.45) is -3.10. The average Bonchev–Trinajstić information content (AvgIpc) is 3.73. The van der Waals surface area contributed by atoms with Crippen molar-refractivity contribution >= 4 is 5.91 Å². The van der Waals surface area contributed by atoms with Gasteiger partial charge in [0.2, 0.25) is 0 Å². The van der Waals surface area contributed by atoms with E-state index in [1.807, 2.05) is 0 Å². The van der Waals surface area contributed by atoms with Crippen LogP contribution in [-0.4, -0.2) is 48.5 Å². The molecule has 1 amide bonds. The van der Waals surface area contributed by atoms with Crippen molar-refractivity contribution in [3.05, 3.63) is 77.2 Å². The van der Waals surface area contributed by atoms with E-state index in [0.717, 1.165) is 31.0 Å². The summed E-state index contributed by atoms with van der Waals surface area (Å²) in [5.41, 5.74) is 3.11. The zero-order valence-electron chi connectivity index (χ0n) is 20.5. The number of methoxy groups -OCH3 is 1. The number of aliphatic hydroxyl groups excluding tert-OH is 1. The van der Waals surface area contributed by atoms with E-state index >= 15 is 0 Å². The molecule has 1 fully saturated rings. The van der Waals surface area contributed by atoms with Gasteiger partial charge in [0.05, 0.1) is 31.2 Å². The third kappa shape index (κ3) is 5.73. The largest absolute Gasteiger partial charge is 0.493 e. The van der Waals surface area contributed by atoms with Crippen molar-refractivity contribution in [1.82, 2.24) is 10.3 Å². The number of aliphatic hydroxyl groups is 1. The maximum absolute atomic E-state index is 14.6. The molecule has 1 aromatic heterocycles. The molecule has 3 aromatic rings. The summed E-state index contributed by atoms with van der Waals surface area (Å²) in [6.45, 7) is -2.50. The van der Waals surface area contributed by atoms with Crippen LogP contribution in [0.5, 0.6) is 11.5 Å². The number of aromatic nitrogens is 1. The Balaban J connectivity index is 1.66. The van der Waals surface area contributed by atoms with Gasteiger partial charge in [-0.05, 0) is 73.0 Å². The molecular weight excluding hydrogens is 506 g/mol. The van der Waals surface area contributed by atoms with E-state index in [1.54, 1.807) is 0 Å². The summed E-state index contributed by atoms with van der Waals surface area (Å²) in [5, 5.41) is 12.4. The van der Waals surface area contributed by atoms with Crippen LogP contribution >= 0.6 is 0 Å². The Labute approximate surface area is 216 Å². The van der Waals surface area contributed by atoms with Gasteiger partial charge in [-0.15, -0.1) is 0 Å². The van der Waals surface area contributed by atoms with Crippen molar-refractivity contribution < 1.29 is 36.9 Å². The molecule has 1 saturated carbocycles. The summed E-state index contributed by atoms with van der Waals surface area (Å²) in [5.74, 6) is -0.620. The number of alkyl halides is 3. The van der Waals surface area contributed by atoms with Gasteiger partial charge in [0.1, 0.15) is 11.2 Å². The minimum absolute atomic E-state index is 0.0506. The van der Waals surface area contributed by atoms with Gasteiger partial charge in [-0.25, -0.2) is 4.39 Å². The predicted molar refractivity (Wildman–Crippen MR) is 131 cm³/mol. The molecule has 0 aliphatic heterocycles. The van der Waals surface area contributed by atoms with Crippen LogP contribution in [-0.2, 0) is 12.0 Å². The summed E-state index contributed by atoms with van der Waals surface area (Å²) >= 11 is 0. The van der Waals surface area contributed by atoms with E-state index in [9.17, 15) is 27.5 Å². The Bertz CT molecular complexity index is 1300. The molecule has 1 aliphatic carbocycles. The first-order valence-corrected chi connectivity index (χ1v) is 11.9. The van der Waals surface area contributed by atoms with Gasteiger partial charge in [0.25, 0.3) is 5.91 Å². The van der Waals surface area contributed by atoms with Gasteiger partial charge < -0.3 is 25.6 Å². The highest BCUT2D eigenvalue weighted by atomic mass is 19.4. The highest BCUT2D eigenvalue weighted by Crippen LogP contribution is 2.41. The molecule has 0 bridgehead atoms. The minimum Gasteiger partial charge on any atom is -0.493 e. The molecule has 2 aromatic carbocycles. The molecule has 4 N–H and O–H groups in total. The van der Waals surface area contributed by atoms with Crippen LogP contribution in [0.4, 0.5) is 17.6 Å². The zero-order chi connectivity index (χ0) is 27.5. The van der Waals surface area contributed by atoms with Crippen LogP contribution in [0.1, 0.15) is 34.5 Å². The second-order valence-corrected chi connectivity index (χ2v) is 9.06. The molecular formula is C27H27F4N3O4. The predicted octanol–water partition coefficient (Wildman–Crippen LogP) is 4.12. The molecule has 38 heavy (non-hydrogen) atoms. The number of pyridine rings is 1. The Morgan fingerprint density at radius 3 is 2.39 bits per heavy atom. The fourth-order valence-corrected chi connectivity index (χ4v) is 3.89. The van der Waals surface area contributed by atoms with Gasteiger partial charge in [0.15, 0.2) is 11.5 Å². The number of carbonyl (C=O) groups is 1. The van der Waals surface area contributed by atoms with Crippen molar-refractivity contribution in [2.24, 2.45) is 5.73 Å². The third-order valence-electron chi connectivity index (χ3n) is 6.36. The molecule has 0 radical (unpaired) electrons. The number of hydrogen-bond acceptors (Lipinski definition) is 6. The third-order valence-corrected chi connectivity index (χ3v) is 6.36. The maximum Gasteiger partial charge on any atom is 0.403 e. The summed E-state index contributed by atoms with van der Waals surface area (Å²) in [7, 11) is 1.39. The Morgan fingerprint density at radius 2 is 1.82 bits per heavy atom. The fourth-order valence-electron chi connectivity index (χ4n) is 3.89. The van der Waals surface area contributed by atoms with Crippen LogP contribution in [0.15, 0.2) is 54.6 Å². The van der Waals surface area contributed by atoms with E-state index in [-0.39, 0.29) is 29.7 Å². The second-order valence-electron chi connectivity index (χ2n) is 9.06. The summed E-state index contributed by atoms with van der Waals surface area (Å²) < 4.78 is 68.1. The molecule has 7 nitrogen and oxygen atoms in total. The molecule has 1 aliphatic rings. The smallest absolute Gasteiger partial charge is 0.403 e. The number of nitrogens with two attached hydrogens (primary N) is 1. The van der Waals surface area contributed by atoms with Crippen molar-refractivity contribution in [2.45, 2.75) is 37.1 Å². The van der Waals surface area contributed by atoms with Crippen molar-refractivity contribution in [3.63, 3.8) is 0 Å². The Hall–Kier alpha value is -3.70. The van der Waals surface area contributed by atoms with Crippen molar-refractivity contribution in [3.8, 4) is 22.8 Å². The molecule has 11 heteroatoms. The van der Waals surface area contributed by atoms with Crippen LogP contribution in [0.3, 0.4) is 0 Å². The lowest BCUT2D eigenvalue weighted by Crippen LogP contribution is -2.54. The first-order chi connectivity index (χ1) is 18.1. The monoisotopic (exact) mass is 533 g/mol. The number of hydrogen-bond donors (Lipinski definition) is 3. The maximum atomic E-state index is 14.6. The SMILES string of the molecule is COc1cc(C(=O)NCC(CO)(c2cc(CN)cc(-c3ccc(F)cc3)n2)C(F)(F)F)ccc1OC1CC1. The number of nitrogens with one attached hydrogen (secondary N) is 1. The number of ether oxygens (including phenoxy) is 2. The number of benzene rings is 2. The van der Waals surface area contributed by atoms with Crippen molar-refractivity contribution in [1.29, 1.82) is 0 Å². The Kier molecular flexibility index (Phi) is 7.89. The van der Waals surface area contributed by atoms with Gasteiger partial charge in [0, 0.05) is 24.2 Å². The van der Waals surface area contributed by atoms with Crippen LogP contribution in [0, 0.1) is 5.82 Å². The molecule has 0 spiro atoms. The highest BCUT2D eigenvalue weighted by Gasteiger charge is 2.57. The lowest BCUT2D eigenvalue weighted by molar-refractivity contribution is -0.200.